The van der Waals surface area contributed by atoms with E-state index >= 15 is 0 Å². The Balaban J connectivity index is 1.59. The zero-order valence-corrected chi connectivity index (χ0v) is 25.0. The number of thiophene rings is 1. The number of furan rings is 1. The van der Waals surface area contributed by atoms with Crippen LogP contribution >= 0.6 is 22.9 Å². The second-order valence-electron chi connectivity index (χ2n) is 10.9. The van der Waals surface area contributed by atoms with Crippen molar-refractivity contribution < 1.29 is 18.7 Å². The zero-order chi connectivity index (χ0) is 29.3. The number of pyridine rings is 1. The lowest BCUT2D eigenvalue weighted by Crippen LogP contribution is -2.40. The number of hydrogen-bond donors (Lipinski definition) is 0. The highest BCUT2D eigenvalue weighted by molar-refractivity contribution is 7.16. The Morgan fingerprint density at radius 1 is 1.12 bits per heavy atom. The normalized spacial score (nSPS) is 13.9. The van der Waals surface area contributed by atoms with Crippen LogP contribution in [0.5, 0.6) is 0 Å². The molecule has 0 amide bonds. The summed E-state index contributed by atoms with van der Waals surface area (Å²) in [6, 6.07) is 12.3. The van der Waals surface area contributed by atoms with Crippen molar-refractivity contribution in [2.24, 2.45) is 5.41 Å². The molecule has 1 aliphatic heterocycles. The van der Waals surface area contributed by atoms with E-state index in [4.69, 9.17) is 20.8 Å². The van der Waals surface area contributed by atoms with Gasteiger partial charge in [-0.3, -0.25) is 19.0 Å². The number of anilines is 2. The van der Waals surface area contributed by atoms with Crippen LogP contribution in [0.25, 0.3) is 11.3 Å². The van der Waals surface area contributed by atoms with Crippen LogP contribution in [0.2, 0.25) is 4.34 Å². The third kappa shape index (κ3) is 6.17. The van der Waals surface area contributed by atoms with E-state index in [0.717, 1.165) is 4.88 Å². The quantitative estimate of drug-likeness (QED) is 0.260. The van der Waals surface area contributed by atoms with Gasteiger partial charge in [-0.1, -0.05) is 32.4 Å². The van der Waals surface area contributed by atoms with E-state index < -0.39 is 5.41 Å². The van der Waals surface area contributed by atoms with Gasteiger partial charge in [-0.25, -0.2) is 0 Å². The minimum Gasteiger partial charge on any atom is -0.461 e. The van der Waals surface area contributed by atoms with Crippen LogP contribution in [0, 0.1) is 5.41 Å². The molecule has 5 heterocycles. The Kier molecular flexibility index (Phi) is 8.21. The van der Waals surface area contributed by atoms with Crippen LogP contribution in [-0.2, 0) is 17.8 Å². The van der Waals surface area contributed by atoms with Gasteiger partial charge in [0, 0.05) is 36.5 Å². The summed E-state index contributed by atoms with van der Waals surface area (Å²) in [6.45, 7) is 7.98. The van der Waals surface area contributed by atoms with Gasteiger partial charge in [-0.2, -0.15) is 9.78 Å². The van der Waals surface area contributed by atoms with Crippen molar-refractivity contribution in [2.45, 2.75) is 33.9 Å². The number of halogens is 1. The van der Waals surface area contributed by atoms with Gasteiger partial charge in [0.1, 0.15) is 17.3 Å². The smallest absolute Gasteiger partial charge is 0.262 e. The van der Waals surface area contributed by atoms with E-state index in [9.17, 15) is 14.4 Å². The van der Waals surface area contributed by atoms with Crippen molar-refractivity contribution in [1.82, 2.24) is 14.3 Å². The second-order valence-corrected chi connectivity index (χ2v) is 12.7. The Labute approximate surface area is 246 Å². The molecule has 0 N–H and O–H groups in total. The molecule has 0 aromatic carbocycles. The van der Waals surface area contributed by atoms with E-state index in [1.165, 1.54) is 26.8 Å². The topological polar surface area (TPSA) is 103 Å². The molecule has 10 nitrogen and oxygen atoms in total. The maximum atomic E-state index is 14.1. The largest absolute Gasteiger partial charge is 0.461 e. The van der Waals surface area contributed by atoms with Gasteiger partial charge >= 0.3 is 0 Å². The highest BCUT2D eigenvalue weighted by Gasteiger charge is 2.29. The zero-order valence-electron chi connectivity index (χ0n) is 23.4. The van der Waals surface area contributed by atoms with Crippen molar-refractivity contribution in [3.05, 3.63) is 74.1 Å². The van der Waals surface area contributed by atoms with Crippen LogP contribution in [0.15, 0.2) is 57.9 Å². The van der Waals surface area contributed by atoms with Gasteiger partial charge in [-0.15, -0.1) is 11.3 Å². The van der Waals surface area contributed by atoms with Crippen molar-refractivity contribution in [3.63, 3.8) is 0 Å². The van der Waals surface area contributed by atoms with Crippen molar-refractivity contribution >= 4 is 46.3 Å². The SMILES string of the molecule is CN(Cc1ccc(Cl)s1)c1cc(-c2ccc(N3CCOCC3)n(CC(=O)c3ccco3)c2=O)nn1C(=O)C(C)(C)C. The molecule has 0 aliphatic carbocycles. The fraction of sp³-hybridized carbons (Fsp3) is 0.379. The molecule has 0 bridgehead atoms. The molecule has 0 saturated carbocycles. The molecule has 41 heavy (non-hydrogen) atoms. The summed E-state index contributed by atoms with van der Waals surface area (Å²) in [5.41, 5.74) is -0.489. The summed E-state index contributed by atoms with van der Waals surface area (Å²) >= 11 is 7.60. The summed E-state index contributed by atoms with van der Waals surface area (Å²) in [4.78, 5) is 45.5. The number of aromatic nitrogens is 3. The average molecular weight is 598 g/mol. The number of rotatable bonds is 8. The Morgan fingerprint density at radius 3 is 2.51 bits per heavy atom. The molecule has 4 aromatic rings. The molecule has 0 radical (unpaired) electrons. The van der Waals surface area contributed by atoms with E-state index in [2.05, 4.69) is 5.10 Å². The number of carbonyl (C=O) groups excluding carboxylic acids is 2. The first kappa shape index (κ1) is 28.8. The number of carbonyl (C=O) groups is 2. The fourth-order valence-corrected chi connectivity index (χ4v) is 5.78. The molecule has 4 aromatic heterocycles. The molecule has 0 unspecified atom stereocenters. The van der Waals surface area contributed by atoms with Gasteiger partial charge in [0.05, 0.1) is 42.5 Å². The molecule has 12 heteroatoms. The van der Waals surface area contributed by atoms with Gasteiger partial charge < -0.3 is 19.0 Å². The lowest BCUT2D eigenvalue weighted by Gasteiger charge is -2.30. The molecular weight excluding hydrogens is 566 g/mol. The average Bonchev–Trinajstić information content (AvgIpc) is 3.71. The molecular formula is C29H32ClN5O5S. The van der Waals surface area contributed by atoms with Gasteiger partial charge in [0.25, 0.3) is 11.5 Å². The van der Waals surface area contributed by atoms with Crippen LogP contribution < -0.4 is 15.4 Å². The van der Waals surface area contributed by atoms with Crippen LogP contribution in [-0.4, -0.2) is 59.4 Å². The maximum absolute atomic E-state index is 14.1. The second kappa shape index (κ2) is 11.7. The number of hydrogen-bond acceptors (Lipinski definition) is 9. The standard InChI is InChI=1S/C29H32ClN5O5S/c1-29(2,3)28(38)35-26(32(4)17-19-7-9-24(30)41-19)16-21(31-35)20-8-10-25(33-11-14-39-15-12-33)34(27(20)37)18-22(36)23-6-5-13-40-23/h5-10,13,16H,11-12,14-15,17-18H2,1-4H3. The first-order valence-corrected chi connectivity index (χ1v) is 14.5. The molecule has 1 aliphatic rings. The fourth-order valence-electron chi connectivity index (χ4n) is 4.64. The number of ketones is 1. The van der Waals surface area contributed by atoms with Crippen molar-refractivity contribution in [1.29, 1.82) is 0 Å². The number of nitrogens with zero attached hydrogens (tertiary/aromatic N) is 5. The number of Topliss-reactive ketones (excluding diaryl/α,β-unsaturated/α-hetero) is 1. The lowest BCUT2D eigenvalue weighted by molar-refractivity contribution is 0.0751. The van der Waals surface area contributed by atoms with E-state index in [1.54, 1.807) is 24.3 Å². The van der Waals surface area contributed by atoms with Gasteiger partial charge in [-0.05, 0) is 36.4 Å². The first-order chi connectivity index (χ1) is 19.5. The minimum absolute atomic E-state index is 0.174. The van der Waals surface area contributed by atoms with Crippen molar-refractivity contribution in [2.75, 3.05) is 43.2 Å². The highest BCUT2D eigenvalue weighted by Crippen LogP contribution is 2.30. The Hall–Kier alpha value is -3.67. The summed E-state index contributed by atoms with van der Waals surface area (Å²) in [6.07, 6.45) is 1.43. The summed E-state index contributed by atoms with van der Waals surface area (Å²) in [7, 11) is 1.86. The molecule has 0 spiro atoms. The molecule has 1 fully saturated rings. The maximum Gasteiger partial charge on any atom is 0.262 e. The summed E-state index contributed by atoms with van der Waals surface area (Å²) < 4.78 is 14.3. The van der Waals surface area contributed by atoms with Gasteiger partial charge in [0.2, 0.25) is 5.78 Å². The lowest BCUT2D eigenvalue weighted by atomic mass is 9.96. The Bertz CT molecular complexity index is 1610. The third-order valence-corrected chi connectivity index (χ3v) is 8.01. The first-order valence-electron chi connectivity index (χ1n) is 13.3. The number of morpholine rings is 1. The predicted molar refractivity (Wildman–Crippen MR) is 160 cm³/mol. The predicted octanol–water partition coefficient (Wildman–Crippen LogP) is 5.06. The van der Waals surface area contributed by atoms with E-state index in [-0.39, 0.29) is 35.1 Å². The Morgan fingerprint density at radius 2 is 1.88 bits per heavy atom. The summed E-state index contributed by atoms with van der Waals surface area (Å²) in [5, 5.41) is 4.64. The van der Waals surface area contributed by atoms with Crippen LogP contribution in [0.3, 0.4) is 0 Å². The van der Waals surface area contributed by atoms with E-state index in [0.29, 0.717) is 54.5 Å². The minimum atomic E-state index is -0.721. The van der Waals surface area contributed by atoms with Gasteiger partial charge in [0.15, 0.2) is 5.76 Å². The monoisotopic (exact) mass is 597 g/mol. The van der Waals surface area contributed by atoms with Crippen LogP contribution in [0.4, 0.5) is 11.6 Å². The molecule has 1 saturated heterocycles. The van der Waals surface area contributed by atoms with Crippen molar-refractivity contribution in [3.8, 4) is 11.3 Å². The molecule has 216 valence electrons. The number of ether oxygens (including phenoxy) is 1. The molecule has 5 rings (SSSR count). The third-order valence-electron chi connectivity index (χ3n) is 6.80. The van der Waals surface area contributed by atoms with E-state index in [1.807, 2.05) is 55.8 Å². The highest BCUT2D eigenvalue weighted by atomic mass is 35.5. The molecule has 0 atom stereocenters. The van der Waals surface area contributed by atoms with Crippen LogP contribution in [0.1, 0.15) is 41.0 Å². The summed E-state index contributed by atoms with van der Waals surface area (Å²) in [5.74, 6) is 0.784.